The van der Waals surface area contributed by atoms with Crippen LogP contribution < -0.4 is 9.46 Å². The number of rotatable bonds is 8. The molecule has 1 heterocycles. The van der Waals surface area contributed by atoms with E-state index in [9.17, 15) is 8.42 Å². The zero-order valence-corrected chi connectivity index (χ0v) is 18.3. The average molecular weight is 469 g/mol. The van der Waals surface area contributed by atoms with Gasteiger partial charge in [-0.25, -0.2) is 13.1 Å². The van der Waals surface area contributed by atoms with Crippen LogP contribution in [0.5, 0.6) is 5.75 Å². The number of hydrogen-bond donors (Lipinski definition) is 1. The molecule has 152 valence electrons. The van der Waals surface area contributed by atoms with Crippen LogP contribution in [-0.2, 0) is 27.8 Å². The first-order chi connectivity index (χ1) is 13.5. The SMILES string of the molecule is CCOc1ccc(Br)cc1S(=O)(=O)NCc1ccc(CN2CCOCC2)cc1. The summed E-state index contributed by atoms with van der Waals surface area (Å²) < 4.78 is 39.7. The molecule has 0 saturated carbocycles. The number of sulfonamides is 1. The van der Waals surface area contributed by atoms with E-state index >= 15 is 0 Å². The first-order valence-electron chi connectivity index (χ1n) is 9.28. The lowest BCUT2D eigenvalue weighted by Crippen LogP contribution is -2.35. The molecule has 6 nitrogen and oxygen atoms in total. The zero-order chi connectivity index (χ0) is 20.0. The molecular formula is C20H25BrN2O4S. The van der Waals surface area contributed by atoms with Gasteiger partial charge in [-0.3, -0.25) is 4.90 Å². The summed E-state index contributed by atoms with van der Waals surface area (Å²) in [4.78, 5) is 2.48. The van der Waals surface area contributed by atoms with Crippen molar-refractivity contribution in [2.75, 3.05) is 32.9 Å². The van der Waals surface area contributed by atoms with Crippen molar-refractivity contribution in [1.82, 2.24) is 9.62 Å². The Labute approximate surface area is 175 Å². The van der Waals surface area contributed by atoms with Gasteiger partial charge in [-0.2, -0.15) is 0 Å². The molecule has 0 aliphatic carbocycles. The maximum absolute atomic E-state index is 12.8. The number of benzene rings is 2. The van der Waals surface area contributed by atoms with Crippen molar-refractivity contribution in [3.05, 3.63) is 58.1 Å². The highest BCUT2D eigenvalue weighted by atomic mass is 79.9. The van der Waals surface area contributed by atoms with Gasteiger partial charge in [0.05, 0.1) is 19.8 Å². The largest absolute Gasteiger partial charge is 0.492 e. The molecular weight excluding hydrogens is 444 g/mol. The fourth-order valence-corrected chi connectivity index (χ4v) is 4.70. The molecule has 0 radical (unpaired) electrons. The first-order valence-corrected chi connectivity index (χ1v) is 11.6. The van der Waals surface area contributed by atoms with Gasteiger partial charge in [0.25, 0.3) is 0 Å². The van der Waals surface area contributed by atoms with E-state index in [1.54, 1.807) is 18.2 Å². The van der Waals surface area contributed by atoms with Crippen LogP contribution in [0.1, 0.15) is 18.1 Å². The highest BCUT2D eigenvalue weighted by molar-refractivity contribution is 9.10. The molecule has 0 spiro atoms. The van der Waals surface area contributed by atoms with Crippen LogP contribution in [0.25, 0.3) is 0 Å². The predicted octanol–water partition coefficient (Wildman–Crippen LogP) is 3.16. The minimum absolute atomic E-state index is 0.132. The molecule has 0 unspecified atom stereocenters. The van der Waals surface area contributed by atoms with Gasteiger partial charge in [0.15, 0.2) is 0 Å². The minimum Gasteiger partial charge on any atom is -0.492 e. The minimum atomic E-state index is -3.69. The normalized spacial score (nSPS) is 15.5. The van der Waals surface area contributed by atoms with Crippen LogP contribution in [0, 0.1) is 0 Å². The molecule has 0 aromatic heterocycles. The van der Waals surface area contributed by atoms with Crippen molar-refractivity contribution in [2.45, 2.75) is 24.9 Å². The Hall–Kier alpha value is -1.45. The molecule has 1 aliphatic heterocycles. The molecule has 0 atom stereocenters. The maximum Gasteiger partial charge on any atom is 0.244 e. The molecule has 1 N–H and O–H groups in total. The highest BCUT2D eigenvalue weighted by Gasteiger charge is 2.20. The predicted molar refractivity (Wildman–Crippen MR) is 112 cm³/mol. The van der Waals surface area contributed by atoms with Gasteiger partial charge in [-0.15, -0.1) is 0 Å². The smallest absolute Gasteiger partial charge is 0.244 e. The summed E-state index contributed by atoms with van der Waals surface area (Å²) in [7, 11) is -3.69. The molecule has 3 rings (SSSR count). The summed E-state index contributed by atoms with van der Waals surface area (Å²) in [5.74, 6) is 0.346. The highest BCUT2D eigenvalue weighted by Crippen LogP contribution is 2.27. The standard InChI is InChI=1S/C20H25BrN2O4S/c1-2-27-19-8-7-18(21)13-20(19)28(24,25)22-14-16-3-5-17(6-4-16)15-23-9-11-26-12-10-23/h3-8,13,22H,2,9-12,14-15H2,1H3. The van der Waals surface area contributed by atoms with Gasteiger partial charge in [-0.1, -0.05) is 40.2 Å². The Morgan fingerprint density at radius 3 is 2.46 bits per heavy atom. The number of nitrogens with one attached hydrogen (secondary N) is 1. The van der Waals surface area contributed by atoms with Crippen LogP contribution in [-0.4, -0.2) is 46.2 Å². The number of nitrogens with zero attached hydrogens (tertiary/aromatic N) is 1. The number of halogens is 1. The molecule has 1 saturated heterocycles. The summed E-state index contributed by atoms with van der Waals surface area (Å²) in [6.07, 6.45) is 0. The lowest BCUT2D eigenvalue weighted by molar-refractivity contribution is 0.0342. The second-order valence-corrected chi connectivity index (χ2v) is 9.20. The van der Waals surface area contributed by atoms with E-state index in [1.807, 2.05) is 31.2 Å². The summed E-state index contributed by atoms with van der Waals surface area (Å²) in [5.41, 5.74) is 2.11. The van der Waals surface area contributed by atoms with E-state index in [0.717, 1.165) is 38.4 Å². The topological polar surface area (TPSA) is 67.9 Å². The van der Waals surface area contributed by atoms with E-state index in [-0.39, 0.29) is 11.4 Å². The quantitative estimate of drug-likeness (QED) is 0.644. The van der Waals surface area contributed by atoms with Crippen LogP contribution in [0.2, 0.25) is 0 Å². The Morgan fingerprint density at radius 1 is 1.11 bits per heavy atom. The maximum atomic E-state index is 12.8. The molecule has 28 heavy (non-hydrogen) atoms. The third kappa shape index (κ3) is 5.78. The van der Waals surface area contributed by atoms with Gasteiger partial charge < -0.3 is 9.47 Å². The molecule has 0 bridgehead atoms. The number of ether oxygens (including phenoxy) is 2. The van der Waals surface area contributed by atoms with Crippen molar-refractivity contribution in [3.8, 4) is 5.75 Å². The van der Waals surface area contributed by atoms with E-state index in [2.05, 4.69) is 25.6 Å². The molecule has 1 fully saturated rings. The van der Waals surface area contributed by atoms with Gasteiger partial charge in [0.2, 0.25) is 10.0 Å². The second kappa shape index (κ2) is 9.84. The summed E-state index contributed by atoms with van der Waals surface area (Å²) >= 11 is 3.32. The molecule has 0 amide bonds. The van der Waals surface area contributed by atoms with Crippen LogP contribution in [0.3, 0.4) is 0 Å². The third-order valence-corrected chi connectivity index (χ3v) is 6.41. The lowest BCUT2D eigenvalue weighted by atomic mass is 10.1. The van der Waals surface area contributed by atoms with Crippen molar-refractivity contribution in [3.63, 3.8) is 0 Å². The Bertz CT molecular complexity index is 882. The zero-order valence-electron chi connectivity index (χ0n) is 15.9. The van der Waals surface area contributed by atoms with Gasteiger partial charge in [0.1, 0.15) is 10.6 Å². The van der Waals surface area contributed by atoms with Crippen LogP contribution in [0.4, 0.5) is 0 Å². The molecule has 2 aromatic carbocycles. The van der Waals surface area contributed by atoms with Crippen molar-refractivity contribution >= 4 is 26.0 Å². The third-order valence-electron chi connectivity index (χ3n) is 4.49. The fraction of sp³-hybridized carbons (Fsp3) is 0.400. The van der Waals surface area contributed by atoms with E-state index < -0.39 is 10.0 Å². The van der Waals surface area contributed by atoms with Gasteiger partial charge >= 0.3 is 0 Å². The number of morpholine rings is 1. The summed E-state index contributed by atoms with van der Waals surface area (Å²) in [5, 5.41) is 0. The lowest BCUT2D eigenvalue weighted by Gasteiger charge is -2.26. The average Bonchev–Trinajstić information content (AvgIpc) is 2.70. The summed E-state index contributed by atoms with van der Waals surface area (Å²) in [6, 6.07) is 13.0. The molecule has 8 heteroatoms. The molecule has 2 aromatic rings. The first kappa shape index (κ1) is 21.3. The Kier molecular flexibility index (Phi) is 7.48. The van der Waals surface area contributed by atoms with Crippen molar-refractivity contribution < 1.29 is 17.9 Å². The van der Waals surface area contributed by atoms with Gasteiger partial charge in [0, 0.05) is 30.7 Å². The second-order valence-electron chi connectivity index (χ2n) is 6.55. The van der Waals surface area contributed by atoms with E-state index in [1.165, 1.54) is 5.56 Å². The van der Waals surface area contributed by atoms with Gasteiger partial charge in [-0.05, 0) is 36.2 Å². The Morgan fingerprint density at radius 2 is 1.79 bits per heavy atom. The van der Waals surface area contributed by atoms with Crippen molar-refractivity contribution in [1.29, 1.82) is 0 Å². The van der Waals surface area contributed by atoms with Crippen LogP contribution in [0.15, 0.2) is 51.8 Å². The number of hydrogen-bond acceptors (Lipinski definition) is 5. The monoisotopic (exact) mass is 468 g/mol. The van der Waals surface area contributed by atoms with E-state index in [4.69, 9.17) is 9.47 Å². The fourth-order valence-electron chi connectivity index (χ4n) is 3.00. The van der Waals surface area contributed by atoms with Crippen molar-refractivity contribution in [2.24, 2.45) is 0 Å². The summed E-state index contributed by atoms with van der Waals surface area (Å²) in [6.45, 7) is 6.76. The van der Waals surface area contributed by atoms with E-state index in [0.29, 0.717) is 16.8 Å². The van der Waals surface area contributed by atoms with Crippen LogP contribution >= 0.6 is 15.9 Å². The molecule has 1 aliphatic rings. The Balaban J connectivity index is 1.63.